The van der Waals surface area contributed by atoms with Crippen molar-refractivity contribution in [2.75, 3.05) is 16.8 Å². The van der Waals surface area contributed by atoms with Crippen molar-refractivity contribution in [2.24, 2.45) is 0 Å². The van der Waals surface area contributed by atoms with E-state index in [1.807, 2.05) is 24.3 Å². The Balaban J connectivity index is 1.56. The third kappa shape index (κ3) is 3.44. The number of para-hydroxylation sites is 1. The van der Waals surface area contributed by atoms with Gasteiger partial charge in [-0.05, 0) is 54.4 Å². The van der Waals surface area contributed by atoms with E-state index < -0.39 is 11.7 Å². The molecule has 0 saturated carbocycles. The van der Waals surface area contributed by atoms with Gasteiger partial charge in [0.05, 0.1) is 0 Å². The van der Waals surface area contributed by atoms with Gasteiger partial charge in [0.25, 0.3) is 11.8 Å². The van der Waals surface area contributed by atoms with Crippen molar-refractivity contribution < 1.29 is 14.0 Å². The molecule has 27 heavy (non-hydrogen) atoms. The van der Waals surface area contributed by atoms with Gasteiger partial charge in [0, 0.05) is 29.0 Å². The molecule has 0 spiro atoms. The van der Waals surface area contributed by atoms with Gasteiger partial charge in [0.1, 0.15) is 5.82 Å². The number of benzene rings is 3. The number of anilines is 2. The number of amides is 2. The molecule has 1 heterocycles. The maximum atomic E-state index is 13.3. The predicted molar refractivity (Wildman–Crippen MR) is 103 cm³/mol. The molecule has 3 aromatic rings. The van der Waals surface area contributed by atoms with Crippen molar-refractivity contribution in [1.29, 1.82) is 0 Å². The summed E-state index contributed by atoms with van der Waals surface area (Å²) in [7, 11) is 0. The van der Waals surface area contributed by atoms with E-state index in [9.17, 15) is 14.0 Å². The molecule has 0 atom stereocenters. The van der Waals surface area contributed by atoms with Gasteiger partial charge in [0.2, 0.25) is 0 Å². The Kier molecular flexibility index (Phi) is 4.42. The van der Waals surface area contributed by atoms with Gasteiger partial charge in [-0.3, -0.25) is 9.59 Å². The van der Waals surface area contributed by atoms with Crippen LogP contribution in [0.4, 0.5) is 15.8 Å². The molecule has 4 rings (SSSR count). The van der Waals surface area contributed by atoms with Crippen LogP contribution in [-0.4, -0.2) is 18.4 Å². The standard InChI is InChI=1S/C22H17FN2O2/c23-18-8-4-9-19(14-18)24-21(26)16-6-3-7-17(13-16)22(27)25-12-11-15-5-1-2-10-20(15)25/h1-10,13-14H,11-12H2,(H,24,26). The van der Waals surface area contributed by atoms with Gasteiger partial charge in [-0.2, -0.15) is 0 Å². The Morgan fingerprint density at radius 1 is 0.889 bits per heavy atom. The summed E-state index contributed by atoms with van der Waals surface area (Å²) in [4.78, 5) is 27.1. The van der Waals surface area contributed by atoms with E-state index >= 15 is 0 Å². The van der Waals surface area contributed by atoms with Crippen LogP contribution in [0, 0.1) is 5.82 Å². The van der Waals surface area contributed by atoms with Crippen molar-refractivity contribution in [3.63, 3.8) is 0 Å². The predicted octanol–water partition coefficient (Wildman–Crippen LogP) is 4.28. The lowest BCUT2D eigenvalue weighted by Crippen LogP contribution is -2.29. The van der Waals surface area contributed by atoms with Crippen molar-refractivity contribution in [3.05, 3.63) is 95.3 Å². The number of hydrogen-bond acceptors (Lipinski definition) is 2. The van der Waals surface area contributed by atoms with E-state index in [0.717, 1.165) is 17.7 Å². The molecule has 0 bridgehead atoms. The molecule has 0 unspecified atom stereocenters. The van der Waals surface area contributed by atoms with Gasteiger partial charge in [-0.15, -0.1) is 0 Å². The highest BCUT2D eigenvalue weighted by molar-refractivity contribution is 6.10. The SMILES string of the molecule is O=C(Nc1cccc(F)c1)c1cccc(C(=O)N2CCc3ccccc32)c1. The van der Waals surface area contributed by atoms with E-state index in [1.165, 1.54) is 18.2 Å². The molecule has 134 valence electrons. The van der Waals surface area contributed by atoms with Crippen LogP contribution in [0.2, 0.25) is 0 Å². The molecule has 0 saturated heterocycles. The first-order valence-electron chi connectivity index (χ1n) is 8.68. The number of fused-ring (bicyclic) bond motifs is 1. The van der Waals surface area contributed by atoms with E-state index in [4.69, 9.17) is 0 Å². The minimum atomic E-state index is -0.426. The van der Waals surface area contributed by atoms with Crippen LogP contribution < -0.4 is 10.2 Å². The minimum Gasteiger partial charge on any atom is -0.322 e. The molecule has 0 aliphatic carbocycles. The third-order valence-electron chi connectivity index (χ3n) is 4.59. The molecular weight excluding hydrogens is 343 g/mol. The van der Waals surface area contributed by atoms with E-state index in [0.29, 0.717) is 23.4 Å². The van der Waals surface area contributed by atoms with Crippen LogP contribution in [-0.2, 0) is 6.42 Å². The summed E-state index contributed by atoms with van der Waals surface area (Å²) in [6.45, 7) is 0.623. The van der Waals surface area contributed by atoms with Crippen molar-refractivity contribution in [1.82, 2.24) is 0 Å². The third-order valence-corrected chi connectivity index (χ3v) is 4.59. The fourth-order valence-corrected chi connectivity index (χ4v) is 3.27. The van der Waals surface area contributed by atoms with Gasteiger partial charge in [-0.1, -0.05) is 30.3 Å². The zero-order chi connectivity index (χ0) is 18.8. The molecule has 5 heteroatoms. The first-order valence-corrected chi connectivity index (χ1v) is 8.68. The summed E-state index contributed by atoms with van der Waals surface area (Å²) in [5, 5.41) is 2.65. The van der Waals surface area contributed by atoms with Crippen LogP contribution in [0.25, 0.3) is 0 Å². The van der Waals surface area contributed by atoms with Crippen LogP contribution in [0.15, 0.2) is 72.8 Å². The van der Waals surface area contributed by atoms with Crippen molar-refractivity contribution >= 4 is 23.2 Å². The molecule has 2 amide bonds. The Hall–Kier alpha value is -3.47. The van der Waals surface area contributed by atoms with Gasteiger partial charge < -0.3 is 10.2 Å². The summed E-state index contributed by atoms with van der Waals surface area (Å²) < 4.78 is 13.3. The number of hydrogen-bond donors (Lipinski definition) is 1. The minimum absolute atomic E-state index is 0.139. The topological polar surface area (TPSA) is 49.4 Å². The van der Waals surface area contributed by atoms with Gasteiger partial charge in [0.15, 0.2) is 0 Å². The van der Waals surface area contributed by atoms with Gasteiger partial charge >= 0.3 is 0 Å². The molecule has 3 aromatic carbocycles. The van der Waals surface area contributed by atoms with E-state index in [1.54, 1.807) is 35.2 Å². The summed E-state index contributed by atoms with van der Waals surface area (Å²) in [5.41, 5.74) is 3.21. The number of nitrogens with one attached hydrogen (secondary N) is 1. The van der Waals surface area contributed by atoms with Crippen molar-refractivity contribution in [2.45, 2.75) is 6.42 Å². The zero-order valence-electron chi connectivity index (χ0n) is 14.5. The summed E-state index contributed by atoms with van der Waals surface area (Å²) in [5.74, 6) is -0.957. The largest absolute Gasteiger partial charge is 0.322 e. The number of rotatable bonds is 3. The summed E-state index contributed by atoms with van der Waals surface area (Å²) in [6.07, 6.45) is 0.821. The second-order valence-corrected chi connectivity index (χ2v) is 6.38. The van der Waals surface area contributed by atoms with E-state index in [2.05, 4.69) is 5.32 Å². The lowest BCUT2D eigenvalue weighted by atomic mass is 10.1. The monoisotopic (exact) mass is 360 g/mol. The molecular formula is C22H17FN2O2. The second-order valence-electron chi connectivity index (χ2n) is 6.38. The fraction of sp³-hybridized carbons (Fsp3) is 0.0909. The molecule has 1 aliphatic rings. The second kappa shape index (κ2) is 7.03. The number of halogens is 1. The van der Waals surface area contributed by atoms with Crippen LogP contribution in [0.3, 0.4) is 0 Å². The lowest BCUT2D eigenvalue weighted by molar-refractivity contribution is 0.0989. The van der Waals surface area contributed by atoms with Crippen LogP contribution >= 0.6 is 0 Å². The van der Waals surface area contributed by atoms with Crippen LogP contribution in [0.1, 0.15) is 26.3 Å². The van der Waals surface area contributed by atoms with Crippen LogP contribution in [0.5, 0.6) is 0 Å². The van der Waals surface area contributed by atoms with Crippen molar-refractivity contribution in [3.8, 4) is 0 Å². The van der Waals surface area contributed by atoms with Gasteiger partial charge in [-0.25, -0.2) is 4.39 Å². The highest BCUT2D eigenvalue weighted by Gasteiger charge is 2.25. The Bertz CT molecular complexity index is 1030. The summed E-state index contributed by atoms with van der Waals surface area (Å²) >= 11 is 0. The fourth-order valence-electron chi connectivity index (χ4n) is 3.27. The Labute approximate surface area is 156 Å². The summed E-state index contributed by atoms with van der Waals surface area (Å²) in [6, 6.07) is 20.1. The average molecular weight is 360 g/mol. The average Bonchev–Trinajstić information content (AvgIpc) is 3.11. The molecule has 0 aromatic heterocycles. The number of carbonyl (C=O) groups is 2. The maximum absolute atomic E-state index is 13.3. The normalized spacial score (nSPS) is 12.6. The molecule has 4 nitrogen and oxygen atoms in total. The number of carbonyl (C=O) groups excluding carboxylic acids is 2. The molecule has 1 aliphatic heterocycles. The highest BCUT2D eigenvalue weighted by Crippen LogP contribution is 2.29. The number of nitrogens with zero attached hydrogens (tertiary/aromatic N) is 1. The zero-order valence-corrected chi connectivity index (χ0v) is 14.5. The van der Waals surface area contributed by atoms with E-state index in [-0.39, 0.29) is 5.91 Å². The lowest BCUT2D eigenvalue weighted by Gasteiger charge is -2.17. The molecule has 1 N–H and O–H groups in total. The smallest absolute Gasteiger partial charge is 0.258 e. The molecule has 0 fully saturated rings. The highest BCUT2D eigenvalue weighted by atomic mass is 19.1. The first-order chi connectivity index (χ1) is 13.1. The Morgan fingerprint density at radius 2 is 1.67 bits per heavy atom. The Morgan fingerprint density at radius 3 is 2.52 bits per heavy atom. The molecule has 0 radical (unpaired) electrons. The maximum Gasteiger partial charge on any atom is 0.258 e. The quantitative estimate of drug-likeness (QED) is 0.758. The first kappa shape index (κ1) is 17.0.